The summed E-state index contributed by atoms with van der Waals surface area (Å²) in [6.45, 7) is 1.81. The maximum absolute atomic E-state index is 9.35. The quantitative estimate of drug-likeness (QED) is 0.590. The van der Waals surface area contributed by atoms with Crippen LogP contribution in [0.15, 0.2) is 23.4 Å². The van der Waals surface area contributed by atoms with Crippen molar-refractivity contribution in [2.45, 2.75) is 6.92 Å². The number of oxime groups is 1. The average molecular weight is 195 g/mol. The lowest BCUT2D eigenvalue weighted by atomic mass is 10.1. The Bertz CT molecular complexity index is 347. The summed E-state index contributed by atoms with van der Waals surface area (Å²) in [4.78, 5) is 4.65. The zero-order chi connectivity index (χ0) is 10.6. The van der Waals surface area contributed by atoms with Gasteiger partial charge in [0.05, 0.1) is 12.8 Å². The van der Waals surface area contributed by atoms with E-state index >= 15 is 0 Å². The van der Waals surface area contributed by atoms with Gasteiger partial charge in [-0.15, -0.1) is 0 Å². The molecule has 0 amide bonds. The van der Waals surface area contributed by atoms with Gasteiger partial charge in [-0.05, 0) is 25.1 Å². The molecule has 14 heavy (non-hydrogen) atoms. The summed E-state index contributed by atoms with van der Waals surface area (Å²) in [5.41, 5.74) is 1.58. The standard InChI is InChI=1S/C10H13NO3/c1-7(11-14-3)8-4-5-9(12)10(6-8)13-2/h4-6,12H,1-3H3/b11-7+. The van der Waals surface area contributed by atoms with E-state index < -0.39 is 0 Å². The van der Waals surface area contributed by atoms with E-state index in [1.807, 2.05) is 6.92 Å². The number of hydrogen-bond donors (Lipinski definition) is 1. The molecule has 0 aliphatic heterocycles. The number of rotatable bonds is 3. The van der Waals surface area contributed by atoms with Crippen LogP contribution in [0.3, 0.4) is 0 Å². The molecule has 0 saturated heterocycles. The minimum atomic E-state index is 0.112. The van der Waals surface area contributed by atoms with Gasteiger partial charge < -0.3 is 14.7 Å². The van der Waals surface area contributed by atoms with Gasteiger partial charge in [0.1, 0.15) is 7.11 Å². The zero-order valence-corrected chi connectivity index (χ0v) is 8.44. The summed E-state index contributed by atoms with van der Waals surface area (Å²) in [5, 5.41) is 13.1. The Morgan fingerprint density at radius 3 is 2.64 bits per heavy atom. The normalized spacial score (nSPS) is 11.2. The molecular weight excluding hydrogens is 182 g/mol. The third kappa shape index (κ3) is 2.16. The van der Waals surface area contributed by atoms with E-state index in [0.717, 1.165) is 11.3 Å². The Morgan fingerprint density at radius 1 is 1.36 bits per heavy atom. The summed E-state index contributed by atoms with van der Waals surface area (Å²) in [5.74, 6) is 0.537. The van der Waals surface area contributed by atoms with E-state index in [-0.39, 0.29) is 5.75 Å². The van der Waals surface area contributed by atoms with E-state index in [1.165, 1.54) is 14.2 Å². The van der Waals surface area contributed by atoms with Crippen LogP contribution in [0.25, 0.3) is 0 Å². The Balaban J connectivity index is 3.06. The maximum atomic E-state index is 9.35. The SMILES string of the molecule is CO/N=C(\C)c1ccc(O)c(OC)c1. The van der Waals surface area contributed by atoms with Crippen LogP contribution in [0.5, 0.6) is 11.5 Å². The molecule has 4 nitrogen and oxygen atoms in total. The molecule has 0 bridgehead atoms. The molecule has 0 atom stereocenters. The molecule has 0 aliphatic carbocycles. The zero-order valence-electron chi connectivity index (χ0n) is 8.44. The van der Waals surface area contributed by atoms with Crippen LogP contribution in [0.2, 0.25) is 0 Å². The van der Waals surface area contributed by atoms with Gasteiger partial charge >= 0.3 is 0 Å². The smallest absolute Gasteiger partial charge is 0.161 e. The first-order valence-corrected chi connectivity index (χ1v) is 4.14. The van der Waals surface area contributed by atoms with E-state index in [0.29, 0.717) is 5.75 Å². The second-order valence-corrected chi connectivity index (χ2v) is 2.75. The third-order valence-corrected chi connectivity index (χ3v) is 1.83. The number of nitrogens with zero attached hydrogens (tertiary/aromatic N) is 1. The molecule has 0 aliphatic rings. The fraction of sp³-hybridized carbons (Fsp3) is 0.300. The number of phenolic OH excluding ortho intramolecular Hbond substituents is 1. The summed E-state index contributed by atoms with van der Waals surface area (Å²) in [7, 11) is 2.99. The first kappa shape index (κ1) is 10.4. The molecule has 1 N–H and O–H groups in total. The fourth-order valence-corrected chi connectivity index (χ4v) is 1.09. The first-order valence-electron chi connectivity index (χ1n) is 4.14. The van der Waals surface area contributed by atoms with Crippen molar-refractivity contribution in [2.24, 2.45) is 5.16 Å². The Labute approximate surface area is 82.8 Å². The van der Waals surface area contributed by atoms with Crippen LogP contribution >= 0.6 is 0 Å². The van der Waals surface area contributed by atoms with Crippen molar-refractivity contribution in [3.63, 3.8) is 0 Å². The highest BCUT2D eigenvalue weighted by molar-refractivity contribution is 5.98. The van der Waals surface area contributed by atoms with Crippen LogP contribution in [0.1, 0.15) is 12.5 Å². The Hall–Kier alpha value is -1.71. The highest BCUT2D eigenvalue weighted by atomic mass is 16.6. The second kappa shape index (κ2) is 4.50. The van der Waals surface area contributed by atoms with Crippen LogP contribution in [-0.2, 0) is 4.84 Å². The van der Waals surface area contributed by atoms with Gasteiger partial charge in [-0.1, -0.05) is 5.16 Å². The van der Waals surface area contributed by atoms with E-state index in [4.69, 9.17) is 4.74 Å². The maximum Gasteiger partial charge on any atom is 0.161 e. The van der Waals surface area contributed by atoms with E-state index in [2.05, 4.69) is 9.99 Å². The lowest BCUT2D eigenvalue weighted by Crippen LogP contribution is -1.96. The molecule has 0 unspecified atom stereocenters. The molecule has 0 heterocycles. The van der Waals surface area contributed by atoms with E-state index in [9.17, 15) is 5.11 Å². The van der Waals surface area contributed by atoms with Gasteiger partial charge in [0.15, 0.2) is 11.5 Å². The lowest BCUT2D eigenvalue weighted by molar-refractivity contribution is 0.213. The average Bonchev–Trinajstić information content (AvgIpc) is 2.19. The molecule has 76 valence electrons. The molecular formula is C10H13NO3. The molecule has 1 rings (SSSR count). The summed E-state index contributed by atoms with van der Waals surface area (Å²) < 4.78 is 4.97. The van der Waals surface area contributed by atoms with Crippen molar-refractivity contribution in [3.05, 3.63) is 23.8 Å². The monoisotopic (exact) mass is 195 g/mol. The molecule has 0 saturated carbocycles. The minimum Gasteiger partial charge on any atom is -0.504 e. The predicted octanol–water partition coefficient (Wildman–Crippen LogP) is 1.77. The predicted molar refractivity (Wildman–Crippen MR) is 53.9 cm³/mol. The van der Waals surface area contributed by atoms with Gasteiger partial charge in [0.2, 0.25) is 0 Å². The number of ether oxygens (including phenoxy) is 1. The Kier molecular flexibility index (Phi) is 3.34. The molecule has 0 fully saturated rings. The molecule has 0 aromatic heterocycles. The van der Waals surface area contributed by atoms with Gasteiger partial charge in [-0.25, -0.2) is 0 Å². The van der Waals surface area contributed by atoms with Crippen molar-refractivity contribution in [1.82, 2.24) is 0 Å². The number of methoxy groups -OCH3 is 1. The summed E-state index contributed by atoms with van der Waals surface area (Å²) in [6.07, 6.45) is 0. The Morgan fingerprint density at radius 2 is 2.07 bits per heavy atom. The fourth-order valence-electron chi connectivity index (χ4n) is 1.09. The highest BCUT2D eigenvalue weighted by Crippen LogP contribution is 2.26. The van der Waals surface area contributed by atoms with Crippen LogP contribution < -0.4 is 4.74 Å². The van der Waals surface area contributed by atoms with Gasteiger partial charge in [-0.2, -0.15) is 0 Å². The van der Waals surface area contributed by atoms with Gasteiger partial charge in [-0.3, -0.25) is 0 Å². The molecule has 0 radical (unpaired) electrons. The van der Waals surface area contributed by atoms with Gasteiger partial charge in [0.25, 0.3) is 0 Å². The van der Waals surface area contributed by atoms with Crippen molar-refractivity contribution < 1.29 is 14.7 Å². The van der Waals surface area contributed by atoms with Crippen molar-refractivity contribution in [2.75, 3.05) is 14.2 Å². The minimum absolute atomic E-state index is 0.112. The third-order valence-electron chi connectivity index (χ3n) is 1.83. The molecule has 1 aromatic rings. The molecule has 0 spiro atoms. The van der Waals surface area contributed by atoms with E-state index in [1.54, 1.807) is 18.2 Å². The van der Waals surface area contributed by atoms with Crippen LogP contribution in [-0.4, -0.2) is 25.0 Å². The number of aromatic hydroxyl groups is 1. The van der Waals surface area contributed by atoms with Crippen LogP contribution in [0, 0.1) is 0 Å². The van der Waals surface area contributed by atoms with Crippen LogP contribution in [0.4, 0.5) is 0 Å². The number of benzene rings is 1. The van der Waals surface area contributed by atoms with Crippen molar-refractivity contribution in [1.29, 1.82) is 0 Å². The summed E-state index contributed by atoms with van der Waals surface area (Å²) in [6, 6.07) is 5.01. The first-order chi connectivity index (χ1) is 6.69. The number of phenols is 1. The van der Waals surface area contributed by atoms with Crippen molar-refractivity contribution >= 4 is 5.71 Å². The van der Waals surface area contributed by atoms with Gasteiger partial charge in [0, 0.05) is 5.56 Å². The van der Waals surface area contributed by atoms with Crippen molar-refractivity contribution in [3.8, 4) is 11.5 Å². The molecule has 1 aromatic carbocycles. The summed E-state index contributed by atoms with van der Waals surface area (Å²) >= 11 is 0. The lowest BCUT2D eigenvalue weighted by Gasteiger charge is -2.05. The highest BCUT2D eigenvalue weighted by Gasteiger charge is 2.04. The molecule has 4 heteroatoms. The second-order valence-electron chi connectivity index (χ2n) is 2.75. The topological polar surface area (TPSA) is 51.0 Å². The number of hydrogen-bond acceptors (Lipinski definition) is 4. The largest absolute Gasteiger partial charge is 0.504 e.